The van der Waals surface area contributed by atoms with Crippen molar-refractivity contribution in [2.75, 3.05) is 48.4 Å². The van der Waals surface area contributed by atoms with Gasteiger partial charge in [-0.25, -0.2) is 8.42 Å². The lowest BCUT2D eigenvalue weighted by molar-refractivity contribution is -0.115. The molecule has 0 atom stereocenters. The predicted octanol–water partition coefficient (Wildman–Crippen LogP) is 3.82. The normalized spacial score (nSPS) is 13.8. The summed E-state index contributed by atoms with van der Waals surface area (Å²) in [6, 6.07) is 19.5. The van der Waals surface area contributed by atoms with Crippen LogP contribution in [0.15, 0.2) is 71.6 Å². The molecular formula is C26H29N3O5S. The van der Waals surface area contributed by atoms with Gasteiger partial charge in [0.05, 0.1) is 38.1 Å². The van der Waals surface area contributed by atoms with Crippen molar-refractivity contribution in [1.29, 1.82) is 0 Å². The highest BCUT2D eigenvalue weighted by Crippen LogP contribution is 2.33. The minimum absolute atomic E-state index is 0.0680. The summed E-state index contributed by atoms with van der Waals surface area (Å²) in [6.07, 6.45) is 0.188. The lowest BCUT2D eigenvalue weighted by Crippen LogP contribution is -2.37. The molecule has 4 rings (SSSR count). The fraction of sp³-hybridized carbons (Fsp3) is 0.269. The number of anilines is 3. The van der Waals surface area contributed by atoms with E-state index in [4.69, 9.17) is 9.47 Å². The second-order valence-corrected chi connectivity index (χ2v) is 9.95. The Balaban J connectivity index is 1.64. The van der Waals surface area contributed by atoms with Crippen LogP contribution in [-0.4, -0.2) is 47.7 Å². The largest absolute Gasteiger partial charge is 0.495 e. The third-order valence-electron chi connectivity index (χ3n) is 5.72. The summed E-state index contributed by atoms with van der Waals surface area (Å²) in [7, 11) is -2.53. The number of hydrogen-bond acceptors (Lipinski definition) is 6. The summed E-state index contributed by atoms with van der Waals surface area (Å²) < 4.78 is 40.5. The SMILES string of the molecule is COc1ccccc1NS(=O)(=O)c1cc(NC(=O)Cc2ccc(C)cc2)ccc1N1CCOCC1. The number of para-hydroxylation sites is 2. The molecule has 1 saturated heterocycles. The number of ether oxygens (including phenoxy) is 2. The molecule has 1 amide bonds. The molecule has 184 valence electrons. The van der Waals surface area contributed by atoms with Crippen LogP contribution >= 0.6 is 0 Å². The number of rotatable bonds is 8. The van der Waals surface area contributed by atoms with E-state index in [0.29, 0.717) is 49.1 Å². The first kappa shape index (κ1) is 24.6. The Morgan fingerprint density at radius 2 is 1.74 bits per heavy atom. The van der Waals surface area contributed by atoms with Gasteiger partial charge in [0, 0.05) is 18.8 Å². The van der Waals surface area contributed by atoms with Gasteiger partial charge in [-0.3, -0.25) is 9.52 Å². The first-order valence-corrected chi connectivity index (χ1v) is 12.8. The molecule has 9 heteroatoms. The number of hydrogen-bond donors (Lipinski definition) is 2. The van der Waals surface area contributed by atoms with Crippen LogP contribution in [0.25, 0.3) is 0 Å². The van der Waals surface area contributed by atoms with E-state index in [-0.39, 0.29) is 17.2 Å². The molecule has 8 nitrogen and oxygen atoms in total. The zero-order valence-electron chi connectivity index (χ0n) is 19.8. The number of sulfonamides is 1. The third-order valence-corrected chi connectivity index (χ3v) is 7.12. The number of nitrogens with one attached hydrogen (secondary N) is 2. The van der Waals surface area contributed by atoms with Gasteiger partial charge in [0.1, 0.15) is 10.6 Å². The highest BCUT2D eigenvalue weighted by atomic mass is 32.2. The molecule has 0 spiro atoms. The first-order valence-electron chi connectivity index (χ1n) is 11.3. The van der Waals surface area contributed by atoms with Gasteiger partial charge in [0.25, 0.3) is 10.0 Å². The number of benzene rings is 3. The van der Waals surface area contributed by atoms with Gasteiger partial charge < -0.3 is 19.7 Å². The van der Waals surface area contributed by atoms with Crippen LogP contribution in [-0.2, 0) is 26.0 Å². The van der Waals surface area contributed by atoms with Crippen LogP contribution in [0.1, 0.15) is 11.1 Å². The van der Waals surface area contributed by atoms with Crippen molar-refractivity contribution < 1.29 is 22.7 Å². The molecule has 3 aromatic rings. The van der Waals surface area contributed by atoms with Crippen LogP contribution in [0.3, 0.4) is 0 Å². The molecule has 1 fully saturated rings. The number of morpholine rings is 1. The van der Waals surface area contributed by atoms with Crippen molar-refractivity contribution in [2.24, 2.45) is 0 Å². The van der Waals surface area contributed by atoms with Crippen LogP contribution < -0.4 is 19.7 Å². The highest BCUT2D eigenvalue weighted by molar-refractivity contribution is 7.93. The summed E-state index contributed by atoms with van der Waals surface area (Å²) in [5.74, 6) is 0.181. The second-order valence-electron chi connectivity index (χ2n) is 8.30. The van der Waals surface area contributed by atoms with Crippen molar-refractivity contribution in [1.82, 2.24) is 0 Å². The Morgan fingerprint density at radius 1 is 1.03 bits per heavy atom. The topological polar surface area (TPSA) is 97.0 Å². The number of aryl methyl sites for hydroxylation is 1. The molecule has 0 saturated carbocycles. The fourth-order valence-electron chi connectivity index (χ4n) is 3.90. The van der Waals surface area contributed by atoms with Crippen molar-refractivity contribution >= 4 is 33.0 Å². The predicted molar refractivity (Wildman–Crippen MR) is 137 cm³/mol. The van der Waals surface area contributed by atoms with Gasteiger partial charge in [-0.05, 0) is 42.8 Å². The Bertz CT molecular complexity index is 1290. The molecule has 1 aliphatic heterocycles. The first-order chi connectivity index (χ1) is 16.9. The number of carbonyl (C=O) groups is 1. The van der Waals surface area contributed by atoms with Crippen LogP contribution in [0, 0.1) is 6.92 Å². The second kappa shape index (κ2) is 10.8. The van der Waals surface area contributed by atoms with Gasteiger partial charge in [0.2, 0.25) is 5.91 Å². The van der Waals surface area contributed by atoms with Crippen molar-refractivity contribution in [3.05, 3.63) is 77.9 Å². The molecule has 0 aliphatic carbocycles. The molecule has 1 aliphatic rings. The summed E-state index contributed by atoms with van der Waals surface area (Å²) in [5.41, 5.74) is 3.28. The maximum absolute atomic E-state index is 13.6. The Hall–Kier alpha value is -3.56. The molecule has 0 radical (unpaired) electrons. The van der Waals surface area contributed by atoms with Gasteiger partial charge in [-0.1, -0.05) is 42.0 Å². The molecule has 0 aromatic heterocycles. The van der Waals surface area contributed by atoms with Gasteiger partial charge in [0.15, 0.2) is 0 Å². The molecule has 3 aromatic carbocycles. The fourth-order valence-corrected chi connectivity index (χ4v) is 5.22. The minimum Gasteiger partial charge on any atom is -0.495 e. The summed E-state index contributed by atoms with van der Waals surface area (Å²) in [6.45, 7) is 4.14. The minimum atomic E-state index is -4.01. The molecule has 0 bridgehead atoms. The Labute approximate surface area is 205 Å². The molecule has 2 N–H and O–H groups in total. The number of nitrogens with zero attached hydrogens (tertiary/aromatic N) is 1. The smallest absolute Gasteiger partial charge is 0.264 e. The Morgan fingerprint density at radius 3 is 2.46 bits per heavy atom. The standard InChI is InChI=1S/C26H29N3O5S/c1-19-7-9-20(10-8-19)17-26(30)27-21-11-12-23(29-13-15-34-16-14-29)25(18-21)35(31,32)28-22-5-3-4-6-24(22)33-2/h3-12,18,28H,13-17H2,1-2H3,(H,27,30). The average molecular weight is 496 g/mol. The molecule has 1 heterocycles. The van der Waals surface area contributed by atoms with Gasteiger partial charge in [-0.15, -0.1) is 0 Å². The van der Waals surface area contributed by atoms with E-state index in [0.717, 1.165) is 11.1 Å². The third kappa shape index (κ3) is 6.12. The van der Waals surface area contributed by atoms with E-state index in [1.54, 1.807) is 36.4 Å². The number of carbonyl (C=O) groups excluding carboxylic acids is 1. The van der Waals surface area contributed by atoms with E-state index < -0.39 is 10.0 Å². The molecule has 35 heavy (non-hydrogen) atoms. The van der Waals surface area contributed by atoms with Gasteiger partial charge in [-0.2, -0.15) is 0 Å². The van der Waals surface area contributed by atoms with Crippen LogP contribution in [0.4, 0.5) is 17.1 Å². The zero-order chi connectivity index (χ0) is 24.8. The highest BCUT2D eigenvalue weighted by Gasteiger charge is 2.25. The van der Waals surface area contributed by atoms with E-state index >= 15 is 0 Å². The van der Waals surface area contributed by atoms with E-state index in [2.05, 4.69) is 10.0 Å². The number of amides is 1. The van der Waals surface area contributed by atoms with Crippen molar-refractivity contribution in [3.8, 4) is 5.75 Å². The average Bonchev–Trinajstić information content (AvgIpc) is 2.86. The molecule has 0 unspecified atom stereocenters. The van der Waals surface area contributed by atoms with Crippen LogP contribution in [0.2, 0.25) is 0 Å². The van der Waals surface area contributed by atoms with Gasteiger partial charge >= 0.3 is 0 Å². The quantitative estimate of drug-likeness (QED) is 0.493. The molecular weight excluding hydrogens is 466 g/mol. The maximum Gasteiger partial charge on any atom is 0.264 e. The zero-order valence-corrected chi connectivity index (χ0v) is 20.6. The maximum atomic E-state index is 13.6. The lowest BCUT2D eigenvalue weighted by Gasteiger charge is -2.30. The van der Waals surface area contributed by atoms with Crippen molar-refractivity contribution in [2.45, 2.75) is 18.2 Å². The lowest BCUT2D eigenvalue weighted by atomic mass is 10.1. The monoisotopic (exact) mass is 495 g/mol. The Kier molecular flexibility index (Phi) is 7.57. The number of methoxy groups -OCH3 is 1. The van der Waals surface area contributed by atoms with E-state index in [1.165, 1.54) is 13.2 Å². The van der Waals surface area contributed by atoms with E-state index in [1.807, 2.05) is 36.1 Å². The van der Waals surface area contributed by atoms with Crippen molar-refractivity contribution in [3.63, 3.8) is 0 Å². The summed E-state index contributed by atoms with van der Waals surface area (Å²) in [5, 5.41) is 2.84. The van der Waals surface area contributed by atoms with E-state index in [9.17, 15) is 13.2 Å². The summed E-state index contributed by atoms with van der Waals surface area (Å²) >= 11 is 0. The van der Waals surface area contributed by atoms with Crippen LogP contribution in [0.5, 0.6) is 5.75 Å². The summed E-state index contributed by atoms with van der Waals surface area (Å²) in [4.78, 5) is 14.7.